The van der Waals surface area contributed by atoms with E-state index in [2.05, 4.69) is 22.1 Å². The van der Waals surface area contributed by atoms with E-state index in [1.165, 1.54) is 5.56 Å². The molecule has 2 rings (SSSR count). The number of carbonyl (C=O) groups excluding carboxylic acids is 1. The molecule has 94 valence electrons. The minimum absolute atomic E-state index is 0.427. The SMILES string of the molecule is NC(=O)c1ccc(NCCc2ccsc2)c(N)c1. The van der Waals surface area contributed by atoms with E-state index < -0.39 is 5.91 Å². The highest BCUT2D eigenvalue weighted by Gasteiger charge is 2.04. The summed E-state index contributed by atoms with van der Waals surface area (Å²) in [5, 5.41) is 7.43. The van der Waals surface area contributed by atoms with Crippen LogP contribution in [0.1, 0.15) is 15.9 Å². The highest BCUT2D eigenvalue weighted by Crippen LogP contribution is 2.19. The van der Waals surface area contributed by atoms with Crippen LogP contribution in [0, 0.1) is 0 Å². The Balaban J connectivity index is 1.95. The Morgan fingerprint density at radius 1 is 1.33 bits per heavy atom. The van der Waals surface area contributed by atoms with Crippen LogP contribution in [-0.4, -0.2) is 12.5 Å². The quantitative estimate of drug-likeness (QED) is 0.721. The van der Waals surface area contributed by atoms with Gasteiger partial charge in [0, 0.05) is 12.1 Å². The molecule has 1 heterocycles. The van der Waals surface area contributed by atoms with E-state index in [-0.39, 0.29) is 0 Å². The second-order valence-electron chi connectivity index (χ2n) is 3.97. The van der Waals surface area contributed by atoms with Crippen molar-refractivity contribution in [3.63, 3.8) is 0 Å². The number of nitrogens with one attached hydrogen (secondary N) is 1. The van der Waals surface area contributed by atoms with Crippen LogP contribution in [0.3, 0.4) is 0 Å². The van der Waals surface area contributed by atoms with Crippen molar-refractivity contribution < 1.29 is 4.79 Å². The maximum absolute atomic E-state index is 11.0. The van der Waals surface area contributed by atoms with Crippen molar-refractivity contribution in [2.24, 2.45) is 5.73 Å². The van der Waals surface area contributed by atoms with E-state index in [0.29, 0.717) is 11.3 Å². The van der Waals surface area contributed by atoms with Crippen LogP contribution in [0.15, 0.2) is 35.0 Å². The van der Waals surface area contributed by atoms with Crippen molar-refractivity contribution in [1.82, 2.24) is 0 Å². The van der Waals surface area contributed by atoms with Gasteiger partial charge in [0.2, 0.25) is 5.91 Å². The third-order valence-corrected chi connectivity index (χ3v) is 3.38. The van der Waals surface area contributed by atoms with Crippen LogP contribution in [0.25, 0.3) is 0 Å². The number of rotatable bonds is 5. The molecule has 0 saturated heterocycles. The smallest absolute Gasteiger partial charge is 0.248 e. The highest BCUT2D eigenvalue weighted by atomic mass is 32.1. The van der Waals surface area contributed by atoms with E-state index in [9.17, 15) is 4.79 Å². The predicted molar refractivity (Wildman–Crippen MR) is 75.9 cm³/mol. The van der Waals surface area contributed by atoms with Crippen LogP contribution < -0.4 is 16.8 Å². The number of carbonyl (C=O) groups is 1. The Morgan fingerprint density at radius 3 is 2.78 bits per heavy atom. The average Bonchev–Trinajstić information content (AvgIpc) is 2.84. The lowest BCUT2D eigenvalue weighted by atomic mass is 10.1. The van der Waals surface area contributed by atoms with Gasteiger partial charge in [-0.15, -0.1) is 0 Å². The van der Waals surface area contributed by atoms with E-state index in [4.69, 9.17) is 11.5 Å². The lowest BCUT2D eigenvalue weighted by Crippen LogP contribution is -2.12. The topological polar surface area (TPSA) is 81.1 Å². The number of nitrogens with two attached hydrogens (primary N) is 2. The zero-order valence-corrected chi connectivity index (χ0v) is 10.7. The number of benzene rings is 1. The zero-order valence-electron chi connectivity index (χ0n) is 9.85. The molecular weight excluding hydrogens is 246 g/mol. The zero-order chi connectivity index (χ0) is 13.0. The number of nitrogen functional groups attached to an aromatic ring is 1. The van der Waals surface area contributed by atoms with E-state index in [1.807, 2.05) is 0 Å². The van der Waals surface area contributed by atoms with Crippen LogP contribution in [0.5, 0.6) is 0 Å². The molecule has 18 heavy (non-hydrogen) atoms. The molecule has 0 unspecified atom stereocenters. The highest BCUT2D eigenvalue weighted by molar-refractivity contribution is 7.07. The second-order valence-corrected chi connectivity index (χ2v) is 4.75. The molecule has 0 radical (unpaired) electrons. The molecule has 1 aromatic carbocycles. The first kappa shape index (κ1) is 12.4. The van der Waals surface area contributed by atoms with Crippen molar-refractivity contribution in [3.8, 4) is 0 Å². The summed E-state index contributed by atoms with van der Waals surface area (Å²) in [4.78, 5) is 11.0. The number of hydrogen-bond acceptors (Lipinski definition) is 4. The van der Waals surface area contributed by atoms with E-state index >= 15 is 0 Å². The minimum Gasteiger partial charge on any atom is -0.397 e. The van der Waals surface area contributed by atoms with Gasteiger partial charge in [-0.25, -0.2) is 0 Å². The molecule has 5 heteroatoms. The van der Waals surface area contributed by atoms with Crippen molar-refractivity contribution in [3.05, 3.63) is 46.2 Å². The van der Waals surface area contributed by atoms with E-state index in [1.54, 1.807) is 29.5 Å². The maximum atomic E-state index is 11.0. The van der Waals surface area contributed by atoms with Gasteiger partial charge < -0.3 is 16.8 Å². The second kappa shape index (κ2) is 5.55. The van der Waals surface area contributed by atoms with Crippen LogP contribution >= 0.6 is 11.3 Å². The van der Waals surface area contributed by atoms with Crippen LogP contribution in [-0.2, 0) is 6.42 Å². The fourth-order valence-corrected chi connectivity index (χ4v) is 2.36. The molecule has 1 aromatic heterocycles. The van der Waals surface area contributed by atoms with Gasteiger partial charge in [-0.3, -0.25) is 4.79 Å². The third-order valence-electron chi connectivity index (χ3n) is 2.65. The number of anilines is 2. The first-order valence-electron chi connectivity index (χ1n) is 5.61. The summed E-state index contributed by atoms with van der Waals surface area (Å²) in [6.07, 6.45) is 0.945. The molecule has 0 fully saturated rings. The summed E-state index contributed by atoms with van der Waals surface area (Å²) in [5.41, 5.74) is 14.1. The summed E-state index contributed by atoms with van der Waals surface area (Å²) < 4.78 is 0. The van der Waals surface area contributed by atoms with Gasteiger partial charge >= 0.3 is 0 Å². The van der Waals surface area contributed by atoms with Gasteiger partial charge in [0.1, 0.15) is 0 Å². The Labute approximate surface area is 110 Å². The molecule has 0 saturated carbocycles. The van der Waals surface area contributed by atoms with Crippen molar-refractivity contribution in [2.45, 2.75) is 6.42 Å². The van der Waals surface area contributed by atoms with Crippen molar-refractivity contribution in [2.75, 3.05) is 17.6 Å². The number of primary amides is 1. The average molecular weight is 261 g/mol. The molecule has 0 aliphatic carbocycles. The van der Waals surface area contributed by atoms with Gasteiger partial charge in [0.05, 0.1) is 11.4 Å². The molecule has 1 amide bonds. The molecule has 4 nitrogen and oxygen atoms in total. The van der Waals surface area contributed by atoms with Crippen molar-refractivity contribution in [1.29, 1.82) is 0 Å². The molecule has 2 aromatic rings. The lowest BCUT2D eigenvalue weighted by Gasteiger charge is -2.09. The summed E-state index contributed by atoms with van der Waals surface area (Å²) >= 11 is 1.69. The summed E-state index contributed by atoms with van der Waals surface area (Å²) in [5.74, 6) is -0.466. The van der Waals surface area contributed by atoms with Crippen LogP contribution in [0.2, 0.25) is 0 Å². The summed E-state index contributed by atoms with van der Waals surface area (Å²) in [6, 6.07) is 7.15. The third kappa shape index (κ3) is 3.01. The monoisotopic (exact) mass is 261 g/mol. The summed E-state index contributed by atoms with van der Waals surface area (Å²) in [6.45, 7) is 0.802. The van der Waals surface area contributed by atoms with Gasteiger partial charge in [-0.05, 0) is 47.0 Å². The number of hydrogen-bond donors (Lipinski definition) is 3. The standard InChI is InChI=1S/C13H15N3OS/c14-11-7-10(13(15)17)1-2-12(11)16-5-3-9-4-6-18-8-9/h1-2,4,6-8,16H,3,5,14H2,(H2,15,17). The fourth-order valence-electron chi connectivity index (χ4n) is 1.65. The molecule has 0 aliphatic heterocycles. The molecule has 0 spiro atoms. The first-order chi connectivity index (χ1) is 8.66. The molecule has 0 bridgehead atoms. The Kier molecular flexibility index (Phi) is 3.84. The van der Waals surface area contributed by atoms with Gasteiger partial charge in [-0.2, -0.15) is 11.3 Å². The van der Waals surface area contributed by atoms with E-state index in [0.717, 1.165) is 18.7 Å². The lowest BCUT2D eigenvalue weighted by molar-refractivity contribution is 0.100. The number of thiophene rings is 1. The maximum Gasteiger partial charge on any atom is 0.248 e. The largest absolute Gasteiger partial charge is 0.397 e. The predicted octanol–water partition coefficient (Wildman–Crippen LogP) is 2.08. The Hall–Kier alpha value is -2.01. The Bertz CT molecular complexity index is 537. The molecule has 0 aliphatic rings. The molecular formula is C13H15N3OS. The number of amides is 1. The van der Waals surface area contributed by atoms with Crippen LogP contribution in [0.4, 0.5) is 11.4 Å². The van der Waals surface area contributed by atoms with Gasteiger partial charge in [-0.1, -0.05) is 0 Å². The summed E-state index contributed by atoms with van der Waals surface area (Å²) in [7, 11) is 0. The fraction of sp³-hybridized carbons (Fsp3) is 0.154. The molecule has 0 atom stereocenters. The van der Waals surface area contributed by atoms with Gasteiger partial charge in [0.25, 0.3) is 0 Å². The molecule has 5 N–H and O–H groups in total. The Morgan fingerprint density at radius 2 is 2.17 bits per heavy atom. The minimum atomic E-state index is -0.466. The normalized spacial score (nSPS) is 10.2. The van der Waals surface area contributed by atoms with Crippen molar-refractivity contribution >= 4 is 28.6 Å². The first-order valence-corrected chi connectivity index (χ1v) is 6.55. The van der Waals surface area contributed by atoms with Gasteiger partial charge in [0.15, 0.2) is 0 Å².